The lowest BCUT2D eigenvalue weighted by molar-refractivity contribution is 0.171. The molecule has 3 heterocycles. The van der Waals surface area contributed by atoms with Crippen LogP contribution in [0.5, 0.6) is 0 Å². The Morgan fingerprint density at radius 2 is 1.83 bits per heavy atom. The first-order valence-electron chi connectivity index (χ1n) is 12.0. The van der Waals surface area contributed by atoms with Crippen molar-refractivity contribution in [2.45, 2.75) is 26.4 Å². The van der Waals surface area contributed by atoms with Gasteiger partial charge in [0, 0.05) is 44.5 Å². The minimum Gasteiger partial charge on any atom is -0.383 e. The number of methoxy groups -OCH3 is 1. The van der Waals surface area contributed by atoms with Crippen molar-refractivity contribution in [2.75, 3.05) is 44.8 Å². The van der Waals surface area contributed by atoms with Crippen LogP contribution in [0.4, 0.5) is 5.69 Å². The highest BCUT2D eigenvalue weighted by atomic mass is 16.5. The molecule has 1 fully saturated rings. The molecule has 5 rings (SSSR count). The first-order valence-corrected chi connectivity index (χ1v) is 12.0. The molecule has 0 saturated carbocycles. The number of ether oxygens (including phenoxy) is 1. The molecule has 1 atom stereocenters. The standard InChI is InChI=1S/C26H31N7O2/c1-18-9-10-20-17-22(26(34)27-23(20)19(18)2)24(25-28-29-30-33(25)15-16-35-3)32-13-11-31(12-14-32)21-7-5-4-6-8-21/h4-10,17,24H,11-16H2,1-3H3,(H,27,34)/t24-/m0/s1. The lowest BCUT2D eigenvalue weighted by Crippen LogP contribution is -2.49. The third-order valence-corrected chi connectivity index (χ3v) is 6.99. The second kappa shape index (κ2) is 9.97. The molecular weight excluding hydrogens is 442 g/mol. The molecule has 1 aliphatic heterocycles. The monoisotopic (exact) mass is 473 g/mol. The Bertz CT molecular complexity index is 1360. The van der Waals surface area contributed by atoms with E-state index in [0.29, 0.717) is 24.5 Å². The maximum absolute atomic E-state index is 13.5. The fourth-order valence-electron chi connectivity index (χ4n) is 4.87. The summed E-state index contributed by atoms with van der Waals surface area (Å²) in [5, 5.41) is 13.6. The van der Waals surface area contributed by atoms with Crippen LogP contribution in [-0.4, -0.2) is 70.0 Å². The van der Waals surface area contributed by atoms with Crippen LogP contribution in [0.2, 0.25) is 0 Å². The number of aromatic amines is 1. The summed E-state index contributed by atoms with van der Waals surface area (Å²) >= 11 is 0. The second-order valence-electron chi connectivity index (χ2n) is 9.04. The third-order valence-electron chi connectivity index (χ3n) is 6.99. The smallest absolute Gasteiger partial charge is 0.253 e. The van der Waals surface area contributed by atoms with E-state index in [4.69, 9.17) is 4.74 Å². The molecule has 1 saturated heterocycles. The average Bonchev–Trinajstić information content (AvgIpc) is 3.35. The van der Waals surface area contributed by atoms with Crippen molar-refractivity contribution >= 4 is 16.6 Å². The summed E-state index contributed by atoms with van der Waals surface area (Å²) in [5.41, 5.74) is 4.88. The van der Waals surface area contributed by atoms with Gasteiger partial charge in [0.2, 0.25) is 0 Å². The summed E-state index contributed by atoms with van der Waals surface area (Å²) in [5.74, 6) is 0.656. The molecule has 2 aromatic carbocycles. The summed E-state index contributed by atoms with van der Waals surface area (Å²) in [6.45, 7) is 8.36. The number of pyridine rings is 1. The maximum atomic E-state index is 13.5. The van der Waals surface area contributed by atoms with Crippen molar-refractivity contribution in [2.24, 2.45) is 0 Å². The number of fused-ring (bicyclic) bond motifs is 1. The van der Waals surface area contributed by atoms with Crippen LogP contribution in [0.1, 0.15) is 28.6 Å². The molecule has 2 aromatic heterocycles. The Labute approximate surface area is 204 Å². The molecule has 0 aliphatic carbocycles. The predicted molar refractivity (Wildman–Crippen MR) is 136 cm³/mol. The normalized spacial score (nSPS) is 15.6. The van der Waals surface area contributed by atoms with Crippen LogP contribution >= 0.6 is 0 Å². The fraction of sp³-hybridized carbons (Fsp3) is 0.385. The molecule has 0 amide bonds. The average molecular weight is 474 g/mol. The lowest BCUT2D eigenvalue weighted by Gasteiger charge is -2.39. The van der Waals surface area contributed by atoms with E-state index < -0.39 is 0 Å². The van der Waals surface area contributed by atoms with E-state index in [1.54, 1.807) is 11.8 Å². The molecule has 0 bridgehead atoms. The highest BCUT2D eigenvalue weighted by Crippen LogP contribution is 2.29. The van der Waals surface area contributed by atoms with Gasteiger partial charge in [-0.05, 0) is 59.0 Å². The van der Waals surface area contributed by atoms with Gasteiger partial charge in [-0.15, -0.1) is 5.10 Å². The zero-order valence-electron chi connectivity index (χ0n) is 20.4. The van der Waals surface area contributed by atoms with Crippen molar-refractivity contribution in [1.29, 1.82) is 0 Å². The van der Waals surface area contributed by atoms with Crippen LogP contribution in [-0.2, 0) is 11.3 Å². The van der Waals surface area contributed by atoms with E-state index in [9.17, 15) is 4.79 Å². The Balaban J connectivity index is 1.54. The largest absolute Gasteiger partial charge is 0.383 e. The SMILES string of the molecule is COCCn1nnnc1[C@H](c1cc2ccc(C)c(C)c2[nH]c1=O)N1CCN(c2ccccc2)CC1. The molecule has 1 N–H and O–H groups in total. The van der Waals surface area contributed by atoms with Crippen molar-refractivity contribution in [1.82, 2.24) is 30.1 Å². The zero-order chi connectivity index (χ0) is 24.4. The number of anilines is 1. The first-order chi connectivity index (χ1) is 17.1. The summed E-state index contributed by atoms with van der Waals surface area (Å²) in [7, 11) is 1.66. The number of benzene rings is 2. The Kier molecular flexibility index (Phi) is 6.61. The van der Waals surface area contributed by atoms with E-state index in [0.717, 1.165) is 48.2 Å². The third kappa shape index (κ3) is 4.56. The van der Waals surface area contributed by atoms with Crippen LogP contribution in [0.15, 0.2) is 53.3 Å². The number of piperazine rings is 1. The summed E-state index contributed by atoms with van der Waals surface area (Å²) in [6, 6.07) is 16.2. The van der Waals surface area contributed by atoms with E-state index >= 15 is 0 Å². The highest BCUT2D eigenvalue weighted by molar-refractivity contribution is 5.83. The highest BCUT2D eigenvalue weighted by Gasteiger charge is 2.32. The molecule has 35 heavy (non-hydrogen) atoms. The fourth-order valence-corrected chi connectivity index (χ4v) is 4.87. The topological polar surface area (TPSA) is 92.2 Å². The number of aromatic nitrogens is 5. The number of nitrogens with one attached hydrogen (secondary N) is 1. The van der Waals surface area contributed by atoms with Crippen molar-refractivity contribution < 1.29 is 4.74 Å². The molecule has 9 heteroatoms. The number of aryl methyl sites for hydroxylation is 2. The van der Waals surface area contributed by atoms with Gasteiger partial charge < -0.3 is 14.6 Å². The molecule has 182 valence electrons. The summed E-state index contributed by atoms with van der Waals surface area (Å²) in [4.78, 5) is 21.3. The van der Waals surface area contributed by atoms with Gasteiger partial charge in [0.25, 0.3) is 5.56 Å². The summed E-state index contributed by atoms with van der Waals surface area (Å²) in [6.07, 6.45) is 0. The minimum absolute atomic E-state index is 0.108. The number of tetrazole rings is 1. The van der Waals surface area contributed by atoms with Gasteiger partial charge in [-0.25, -0.2) is 4.68 Å². The molecular formula is C26H31N7O2. The Morgan fingerprint density at radius 1 is 1.06 bits per heavy atom. The molecule has 0 radical (unpaired) electrons. The molecule has 9 nitrogen and oxygen atoms in total. The van der Waals surface area contributed by atoms with Crippen molar-refractivity contribution in [3.05, 3.63) is 81.4 Å². The lowest BCUT2D eigenvalue weighted by atomic mass is 9.99. The summed E-state index contributed by atoms with van der Waals surface area (Å²) < 4.78 is 7.02. The maximum Gasteiger partial charge on any atom is 0.253 e. The Morgan fingerprint density at radius 3 is 2.57 bits per heavy atom. The molecule has 0 spiro atoms. The van der Waals surface area contributed by atoms with E-state index in [-0.39, 0.29) is 11.6 Å². The van der Waals surface area contributed by atoms with Crippen LogP contribution in [0.3, 0.4) is 0 Å². The first kappa shape index (κ1) is 23.2. The van der Waals surface area contributed by atoms with E-state index in [1.807, 2.05) is 19.1 Å². The number of nitrogens with zero attached hydrogens (tertiary/aromatic N) is 6. The van der Waals surface area contributed by atoms with Gasteiger partial charge in [0.1, 0.15) is 6.04 Å². The minimum atomic E-state index is -0.366. The van der Waals surface area contributed by atoms with Gasteiger partial charge in [-0.2, -0.15) is 0 Å². The van der Waals surface area contributed by atoms with E-state index in [1.165, 1.54) is 5.69 Å². The van der Waals surface area contributed by atoms with Crippen molar-refractivity contribution in [3.63, 3.8) is 0 Å². The van der Waals surface area contributed by atoms with Crippen molar-refractivity contribution in [3.8, 4) is 0 Å². The van der Waals surface area contributed by atoms with Gasteiger partial charge in [0.15, 0.2) is 5.82 Å². The number of rotatable bonds is 7. The van der Waals surface area contributed by atoms with Gasteiger partial charge in [-0.1, -0.05) is 30.3 Å². The van der Waals surface area contributed by atoms with E-state index in [2.05, 4.69) is 73.6 Å². The van der Waals surface area contributed by atoms with Gasteiger partial charge in [0.05, 0.1) is 18.7 Å². The quantitative estimate of drug-likeness (QED) is 0.441. The van der Waals surface area contributed by atoms with Crippen LogP contribution < -0.4 is 10.5 Å². The van der Waals surface area contributed by atoms with Gasteiger partial charge in [-0.3, -0.25) is 9.69 Å². The Hall–Kier alpha value is -3.56. The number of H-pyrrole nitrogens is 1. The number of hydrogen-bond acceptors (Lipinski definition) is 7. The zero-order valence-corrected chi connectivity index (χ0v) is 20.4. The van der Waals surface area contributed by atoms with Crippen LogP contribution in [0, 0.1) is 13.8 Å². The van der Waals surface area contributed by atoms with Crippen LogP contribution in [0.25, 0.3) is 10.9 Å². The number of hydrogen-bond donors (Lipinski definition) is 1. The second-order valence-corrected chi connectivity index (χ2v) is 9.04. The molecule has 1 aliphatic rings. The molecule has 0 unspecified atom stereocenters. The predicted octanol–water partition coefficient (Wildman–Crippen LogP) is 2.69. The molecule has 4 aromatic rings. The number of para-hydroxylation sites is 1. The van der Waals surface area contributed by atoms with Gasteiger partial charge >= 0.3 is 0 Å².